The van der Waals surface area contributed by atoms with Crippen LogP contribution in [0.25, 0.3) is 109 Å². The molecule has 0 unspecified atom stereocenters. The van der Waals surface area contributed by atoms with Gasteiger partial charge in [0.25, 0.3) is 0 Å². The van der Waals surface area contributed by atoms with E-state index in [-0.39, 0.29) is 81.0 Å². The second-order valence-corrected chi connectivity index (χ2v) is 13.4. The smallest absolute Gasteiger partial charge is 0.167 e. The van der Waals surface area contributed by atoms with Gasteiger partial charge >= 0.3 is 0 Å². The van der Waals surface area contributed by atoms with E-state index in [9.17, 15) is 4.11 Å². The van der Waals surface area contributed by atoms with E-state index in [2.05, 4.69) is 12.1 Å². The molecule has 0 radical (unpaired) electrons. The molecule has 4 heterocycles. The van der Waals surface area contributed by atoms with E-state index in [4.69, 9.17) is 27.9 Å². The first kappa shape index (κ1) is 22.9. The second-order valence-electron chi connectivity index (χ2n) is 12.3. The van der Waals surface area contributed by atoms with Gasteiger partial charge in [-0.2, -0.15) is 0 Å². The fourth-order valence-electron chi connectivity index (χ4n) is 6.86. The highest BCUT2D eigenvalue weighted by atomic mass is 32.1. The number of hydrogen-bond acceptors (Lipinski definition) is 6. The van der Waals surface area contributed by atoms with Crippen LogP contribution >= 0.6 is 11.3 Å². The van der Waals surface area contributed by atoms with E-state index in [0.29, 0.717) is 33.7 Å². The number of benzene rings is 7. The summed E-state index contributed by atoms with van der Waals surface area (Å²) in [6, 6.07) is 34.9. The third kappa shape index (κ3) is 4.43. The van der Waals surface area contributed by atoms with Gasteiger partial charge < -0.3 is 8.83 Å². The quantitative estimate of drug-likeness (QED) is 0.185. The second kappa shape index (κ2) is 10.9. The van der Waals surface area contributed by atoms with Crippen LogP contribution in [-0.4, -0.2) is 15.0 Å². The molecule has 0 fully saturated rings. The Balaban J connectivity index is 1.17. The minimum atomic E-state index is -0.345. The van der Waals surface area contributed by atoms with E-state index in [0.717, 1.165) is 30.9 Å². The SMILES string of the molecule is [2H]c1c([2H])c([2H])c2c(oc3c([2H])c(-c4nc(-c5ccccc5)nc(-c5cccc6c5oc5ccccc56)n4)c([2H])c([2H])c32)c1-c1ccc2c(c1)sc1ccccc12. The average molecular weight is 678 g/mol. The number of fused-ring (bicyclic) bond motifs is 9. The van der Waals surface area contributed by atoms with Crippen LogP contribution in [0.1, 0.15) is 8.22 Å². The molecule has 6 heteroatoms. The van der Waals surface area contributed by atoms with Gasteiger partial charge in [0.05, 0.1) is 13.8 Å². The molecule has 0 aliphatic heterocycles. The molecule has 0 bridgehead atoms. The first-order valence-electron chi connectivity index (χ1n) is 19.4. The van der Waals surface area contributed by atoms with Crippen molar-refractivity contribution in [3.8, 4) is 45.3 Å². The van der Waals surface area contributed by atoms with Gasteiger partial charge in [0.2, 0.25) is 0 Å². The van der Waals surface area contributed by atoms with Crippen LogP contribution < -0.4 is 0 Å². The summed E-state index contributed by atoms with van der Waals surface area (Å²) in [6.45, 7) is 0. The van der Waals surface area contributed by atoms with Gasteiger partial charge in [-0.25, -0.2) is 15.0 Å². The molecule has 51 heavy (non-hydrogen) atoms. The topological polar surface area (TPSA) is 65.0 Å². The molecule has 7 aromatic carbocycles. The Morgan fingerprint density at radius 2 is 1.18 bits per heavy atom. The van der Waals surface area contributed by atoms with E-state index < -0.39 is 0 Å². The lowest BCUT2D eigenvalue weighted by Crippen LogP contribution is -2.00. The molecule has 0 saturated heterocycles. The highest BCUT2D eigenvalue weighted by molar-refractivity contribution is 7.25. The van der Waals surface area contributed by atoms with Crippen molar-refractivity contribution in [2.75, 3.05) is 0 Å². The highest BCUT2D eigenvalue weighted by Crippen LogP contribution is 2.41. The fraction of sp³-hybridized carbons (Fsp3) is 0. The van der Waals surface area contributed by atoms with Crippen molar-refractivity contribution in [2.24, 2.45) is 0 Å². The van der Waals surface area contributed by atoms with Crippen LogP contribution in [0, 0.1) is 0 Å². The molecule has 11 aromatic rings. The lowest BCUT2D eigenvalue weighted by molar-refractivity contribution is 0.669. The molecular formula is C45H25N3O2S. The normalized spacial score (nSPS) is 13.6. The Kier molecular flexibility index (Phi) is 4.91. The van der Waals surface area contributed by atoms with Crippen molar-refractivity contribution < 1.29 is 17.1 Å². The number of thiophene rings is 1. The van der Waals surface area contributed by atoms with Crippen molar-refractivity contribution in [1.82, 2.24) is 15.0 Å². The van der Waals surface area contributed by atoms with Crippen LogP contribution in [0.5, 0.6) is 0 Å². The number of furan rings is 2. The standard InChI is InChI=1S/C45H25N3O2S/c1-2-10-26(11-3-1)43-46-44(48-45(47-43)36-17-9-16-34-30-12-4-6-18-37(30)49-42(34)36)28-21-22-31-35-15-8-14-29(41(35)50-38(31)24-28)27-20-23-33-32-13-5-7-19-39(32)51-40(33)25-27/h1-25H/i8D,14D,15D,21D,22D,24D. The maximum Gasteiger partial charge on any atom is 0.167 e. The summed E-state index contributed by atoms with van der Waals surface area (Å²) in [5.74, 6) is 0.536. The Hall–Kier alpha value is -6.63. The van der Waals surface area contributed by atoms with Crippen LogP contribution in [0.4, 0.5) is 0 Å². The van der Waals surface area contributed by atoms with E-state index in [1.165, 1.54) is 0 Å². The predicted octanol–water partition coefficient (Wildman–Crippen LogP) is 12.7. The van der Waals surface area contributed by atoms with Gasteiger partial charge in [-0.05, 0) is 41.9 Å². The lowest BCUT2D eigenvalue weighted by atomic mass is 10.0. The molecule has 0 saturated carbocycles. The first-order valence-corrected chi connectivity index (χ1v) is 17.2. The minimum Gasteiger partial charge on any atom is -0.455 e. The number of rotatable bonds is 4. The summed E-state index contributed by atoms with van der Waals surface area (Å²) >= 11 is 1.62. The number of nitrogens with zero attached hydrogens (tertiary/aromatic N) is 3. The molecule has 238 valence electrons. The molecule has 5 nitrogen and oxygen atoms in total. The summed E-state index contributed by atoms with van der Waals surface area (Å²) < 4.78 is 70.0. The number of hydrogen-bond donors (Lipinski definition) is 0. The first-order chi connectivity index (χ1) is 27.8. The van der Waals surface area contributed by atoms with Crippen molar-refractivity contribution in [3.63, 3.8) is 0 Å². The van der Waals surface area contributed by atoms with Crippen molar-refractivity contribution in [2.45, 2.75) is 0 Å². The Bertz CT molecular complexity index is 3510. The fourth-order valence-corrected chi connectivity index (χ4v) is 8.01. The third-order valence-electron chi connectivity index (χ3n) is 9.26. The van der Waals surface area contributed by atoms with E-state index in [1.807, 2.05) is 103 Å². The van der Waals surface area contributed by atoms with Crippen molar-refractivity contribution in [1.29, 1.82) is 0 Å². The minimum absolute atomic E-state index is 0.0123. The molecule has 11 rings (SSSR count). The highest BCUT2D eigenvalue weighted by Gasteiger charge is 2.19. The summed E-state index contributed by atoms with van der Waals surface area (Å²) in [4.78, 5) is 14.5. The zero-order valence-electron chi connectivity index (χ0n) is 32.5. The van der Waals surface area contributed by atoms with Crippen LogP contribution in [0.3, 0.4) is 0 Å². The maximum absolute atomic E-state index is 9.55. The van der Waals surface area contributed by atoms with Crippen LogP contribution in [-0.2, 0) is 0 Å². The maximum atomic E-state index is 9.55. The zero-order valence-corrected chi connectivity index (χ0v) is 27.4. The van der Waals surface area contributed by atoms with Gasteiger partial charge in [0.15, 0.2) is 17.5 Å². The summed E-state index contributed by atoms with van der Waals surface area (Å²) in [5.41, 5.74) is 3.42. The Labute approximate surface area is 303 Å². The average Bonchev–Trinajstić information content (AvgIpc) is 3.94. The number of para-hydroxylation sites is 3. The summed E-state index contributed by atoms with van der Waals surface area (Å²) in [5, 5.41) is 4.15. The zero-order chi connectivity index (χ0) is 38.7. The van der Waals surface area contributed by atoms with Gasteiger partial charge in [0.1, 0.15) is 22.3 Å². The summed E-state index contributed by atoms with van der Waals surface area (Å²) in [6.07, 6.45) is 0. The van der Waals surface area contributed by atoms with Crippen LogP contribution in [0.15, 0.2) is 160 Å². The summed E-state index contributed by atoms with van der Waals surface area (Å²) in [7, 11) is 0. The molecule has 0 atom stereocenters. The molecule has 0 amide bonds. The third-order valence-corrected chi connectivity index (χ3v) is 10.4. The van der Waals surface area contributed by atoms with Crippen LogP contribution in [0.2, 0.25) is 0 Å². The van der Waals surface area contributed by atoms with E-state index in [1.54, 1.807) is 11.3 Å². The lowest BCUT2D eigenvalue weighted by Gasteiger charge is -2.08. The van der Waals surface area contributed by atoms with Gasteiger partial charge in [-0.15, -0.1) is 11.3 Å². The monoisotopic (exact) mass is 677 g/mol. The molecule has 0 spiro atoms. The number of aromatic nitrogens is 3. The van der Waals surface area contributed by atoms with Crippen molar-refractivity contribution in [3.05, 3.63) is 152 Å². The van der Waals surface area contributed by atoms with Gasteiger partial charge in [0, 0.05) is 58.4 Å². The van der Waals surface area contributed by atoms with E-state index >= 15 is 0 Å². The molecular weight excluding hydrogens is 647 g/mol. The van der Waals surface area contributed by atoms with Gasteiger partial charge in [-0.3, -0.25) is 0 Å². The molecule has 0 aliphatic rings. The molecule has 4 aromatic heterocycles. The van der Waals surface area contributed by atoms with Gasteiger partial charge in [-0.1, -0.05) is 115 Å². The Morgan fingerprint density at radius 1 is 0.451 bits per heavy atom. The predicted molar refractivity (Wildman–Crippen MR) is 209 cm³/mol. The molecule has 0 N–H and O–H groups in total. The molecule has 0 aliphatic carbocycles. The van der Waals surface area contributed by atoms with Crippen molar-refractivity contribution >= 4 is 75.4 Å². The Morgan fingerprint density at radius 3 is 2.10 bits per heavy atom. The largest absolute Gasteiger partial charge is 0.455 e.